The van der Waals surface area contributed by atoms with Crippen LogP contribution in [0.4, 0.5) is 0 Å². The van der Waals surface area contributed by atoms with E-state index in [1.807, 2.05) is 12.1 Å². The monoisotopic (exact) mass is 296 g/mol. The number of benzene rings is 2. The van der Waals surface area contributed by atoms with Gasteiger partial charge in [-0.05, 0) is 60.1 Å². The summed E-state index contributed by atoms with van der Waals surface area (Å²) < 4.78 is 4.70. The van der Waals surface area contributed by atoms with Gasteiger partial charge in [0.2, 0.25) is 0 Å². The van der Waals surface area contributed by atoms with Crippen molar-refractivity contribution >= 4 is 5.97 Å². The third kappa shape index (κ3) is 3.20. The average molecular weight is 296 g/mol. The fourth-order valence-corrected chi connectivity index (χ4v) is 3.01. The Kier molecular flexibility index (Phi) is 4.25. The van der Waals surface area contributed by atoms with Crippen LogP contribution >= 0.6 is 0 Å². The van der Waals surface area contributed by atoms with Gasteiger partial charge in [0.05, 0.1) is 18.8 Å². The van der Waals surface area contributed by atoms with Gasteiger partial charge in [0, 0.05) is 0 Å². The molecule has 3 nitrogen and oxygen atoms in total. The second-order valence-corrected chi connectivity index (χ2v) is 5.86. The van der Waals surface area contributed by atoms with Crippen molar-refractivity contribution in [3.63, 3.8) is 0 Å². The number of fused-ring (bicyclic) bond motifs is 1. The Bertz CT molecular complexity index is 674. The maximum absolute atomic E-state index is 11.4. The number of esters is 1. The smallest absolute Gasteiger partial charge is 0.337 e. The molecule has 0 heterocycles. The van der Waals surface area contributed by atoms with Crippen LogP contribution in [0, 0.1) is 0 Å². The molecule has 0 aliphatic heterocycles. The number of carbonyl (C=O) groups excluding carboxylic acids is 1. The molecule has 22 heavy (non-hydrogen) atoms. The number of aryl methyl sites for hydroxylation is 1. The largest absolute Gasteiger partial charge is 0.465 e. The van der Waals surface area contributed by atoms with Crippen LogP contribution in [0.2, 0.25) is 0 Å². The summed E-state index contributed by atoms with van der Waals surface area (Å²) in [5, 5.41) is 9.80. The van der Waals surface area contributed by atoms with Crippen molar-refractivity contribution in [1.29, 1.82) is 0 Å². The van der Waals surface area contributed by atoms with Crippen LogP contribution in [0.3, 0.4) is 0 Å². The predicted molar refractivity (Wildman–Crippen MR) is 85.1 cm³/mol. The molecule has 0 saturated heterocycles. The van der Waals surface area contributed by atoms with Crippen molar-refractivity contribution < 1.29 is 14.6 Å². The highest BCUT2D eigenvalue weighted by molar-refractivity contribution is 5.89. The summed E-state index contributed by atoms with van der Waals surface area (Å²) >= 11 is 0. The van der Waals surface area contributed by atoms with Crippen molar-refractivity contribution in [1.82, 2.24) is 0 Å². The van der Waals surface area contributed by atoms with E-state index >= 15 is 0 Å². The Morgan fingerprint density at radius 1 is 1.14 bits per heavy atom. The van der Waals surface area contributed by atoms with Crippen LogP contribution in [0.25, 0.3) is 0 Å². The number of ether oxygens (including phenoxy) is 1. The Morgan fingerprint density at radius 3 is 2.59 bits per heavy atom. The second kappa shape index (κ2) is 6.32. The maximum atomic E-state index is 11.4. The lowest BCUT2D eigenvalue weighted by atomic mass is 9.88. The zero-order chi connectivity index (χ0) is 15.5. The first kappa shape index (κ1) is 14.8. The molecule has 1 unspecified atom stereocenters. The fourth-order valence-electron chi connectivity index (χ4n) is 3.01. The average Bonchev–Trinajstić information content (AvgIpc) is 2.54. The Hall–Kier alpha value is -2.13. The minimum atomic E-state index is -0.311. The van der Waals surface area contributed by atoms with Crippen LogP contribution < -0.4 is 0 Å². The summed E-state index contributed by atoms with van der Waals surface area (Å²) in [6, 6.07) is 14.0. The van der Waals surface area contributed by atoms with Gasteiger partial charge in [0.1, 0.15) is 0 Å². The quantitative estimate of drug-likeness (QED) is 0.886. The lowest BCUT2D eigenvalue weighted by Crippen LogP contribution is -2.18. The normalized spacial score (nSPS) is 16.9. The molecule has 2 aromatic carbocycles. The van der Waals surface area contributed by atoms with Crippen molar-refractivity contribution in [2.75, 3.05) is 7.11 Å². The molecule has 1 atom stereocenters. The number of aliphatic hydroxyl groups is 1. The van der Waals surface area contributed by atoms with Gasteiger partial charge in [-0.1, -0.05) is 30.3 Å². The van der Waals surface area contributed by atoms with Crippen molar-refractivity contribution in [2.45, 2.75) is 31.8 Å². The van der Waals surface area contributed by atoms with Crippen molar-refractivity contribution in [2.24, 2.45) is 0 Å². The fraction of sp³-hybridized carbons (Fsp3) is 0.316. The number of methoxy groups -OCH3 is 1. The van der Waals surface area contributed by atoms with Gasteiger partial charge in [0.25, 0.3) is 0 Å². The highest BCUT2D eigenvalue weighted by Crippen LogP contribution is 2.23. The van der Waals surface area contributed by atoms with E-state index in [0.29, 0.717) is 5.56 Å². The topological polar surface area (TPSA) is 46.5 Å². The van der Waals surface area contributed by atoms with Gasteiger partial charge >= 0.3 is 5.97 Å². The molecule has 0 amide bonds. The van der Waals surface area contributed by atoms with Gasteiger partial charge in [0.15, 0.2) is 0 Å². The number of rotatable bonds is 3. The molecule has 0 spiro atoms. The number of hydrogen-bond acceptors (Lipinski definition) is 3. The van der Waals surface area contributed by atoms with E-state index in [1.54, 1.807) is 12.1 Å². The van der Waals surface area contributed by atoms with E-state index in [1.165, 1.54) is 23.8 Å². The van der Waals surface area contributed by atoms with Gasteiger partial charge in [-0.25, -0.2) is 4.79 Å². The van der Waals surface area contributed by atoms with E-state index in [4.69, 9.17) is 4.74 Å². The highest BCUT2D eigenvalue weighted by atomic mass is 16.5. The lowest BCUT2D eigenvalue weighted by molar-refractivity contribution is 0.0600. The van der Waals surface area contributed by atoms with E-state index in [9.17, 15) is 9.90 Å². The van der Waals surface area contributed by atoms with E-state index in [2.05, 4.69) is 18.2 Å². The summed E-state index contributed by atoms with van der Waals surface area (Å²) in [5.74, 6) is -0.311. The molecule has 3 heteroatoms. The standard InChI is InChI=1S/C19H20O3/c1-22-19(21)16-6-2-13(3-7-16)10-14-4-5-15-8-9-18(20)12-17(15)11-14/h2-7,11,18,20H,8-10,12H2,1H3. The zero-order valence-corrected chi connectivity index (χ0v) is 12.7. The summed E-state index contributed by atoms with van der Waals surface area (Å²) in [6.45, 7) is 0. The SMILES string of the molecule is COC(=O)c1ccc(Cc2ccc3c(c2)CC(O)CC3)cc1. The van der Waals surface area contributed by atoms with E-state index in [0.717, 1.165) is 31.2 Å². The molecule has 0 saturated carbocycles. The van der Waals surface area contributed by atoms with Gasteiger partial charge in [-0.3, -0.25) is 0 Å². The summed E-state index contributed by atoms with van der Waals surface area (Å²) in [5.41, 5.74) is 5.58. The molecular weight excluding hydrogens is 276 g/mol. The Morgan fingerprint density at radius 2 is 1.86 bits per heavy atom. The Balaban J connectivity index is 1.76. The first-order valence-electron chi connectivity index (χ1n) is 7.61. The molecule has 1 aliphatic carbocycles. The number of hydrogen-bond donors (Lipinski definition) is 1. The minimum absolute atomic E-state index is 0.206. The Labute approximate surface area is 130 Å². The van der Waals surface area contributed by atoms with Crippen molar-refractivity contribution in [3.8, 4) is 0 Å². The minimum Gasteiger partial charge on any atom is -0.465 e. The van der Waals surface area contributed by atoms with E-state index < -0.39 is 0 Å². The van der Waals surface area contributed by atoms with Crippen LogP contribution in [0.1, 0.15) is 39.0 Å². The molecule has 0 bridgehead atoms. The van der Waals surface area contributed by atoms with Crippen LogP contribution in [0.5, 0.6) is 0 Å². The number of aliphatic hydroxyl groups excluding tert-OH is 1. The van der Waals surface area contributed by atoms with Crippen LogP contribution in [-0.2, 0) is 24.0 Å². The molecule has 0 aromatic heterocycles. The molecule has 1 N–H and O–H groups in total. The molecule has 0 fully saturated rings. The van der Waals surface area contributed by atoms with Crippen LogP contribution in [-0.4, -0.2) is 24.3 Å². The van der Waals surface area contributed by atoms with Crippen molar-refractivity contribution in [3.05, 3.63) is 70.3 Å². The number of carbonyl (C=O) groups is 1. The van der Waals surface area contributed by atoms with Gasteiger partial charge in [-0.15, -0.1) is 0 Å². The second-order valence-electron chi connectivity index (χ2n) is 5.86. The van der Waals surface area contributed by atoms with Gasteiger partial charge < -0.3 is 9.84 Å². The summed E-state index contributed by atoms with van der Waals surface area (Å²) in [7, 11) is 1.39. The zero-order valence-electron chi connectivity index (χ0n) is 12.7. The predicted octanol–water partition coefficient (Wildman–Crippen LogP) is 2.91. The first-order chi connectivity index (χ1) is 10.7. The maximum Gasteiger partial charge on any atom is 0.337 e. The van der Waals surface area contributed by atoms with Crippen LogP contribution in [0.15, 0.2) is 42.5 Å². The molecule has 2 aromatic rings. The third-order valence-corrected chi connectivity index (χ3v) is 4.26. The summed E-state index contributed by atoms with van der Waals surface area (Å²) in [6.07, 6.45) is 3.20. The molecule has 3 rings (SSSR count). The van der Waals surface area contributed by atoms with E-state index in [-0.39, 0.29) is 12.1 Å². The lowest BCUT2D eigenvalue weighted by Gasteiger charge is -2.21. The third-order valence-electron chi connectivity index (χ3n) is 4.26. The molecule has 0 radical (unpaired) electrons. The first-order valence-corrected chi connectivity index (χ1v) is 7.61. The highest BCUT2D eigenvalue weighted by Gasteiger charge is 2.16. The molecule has 114 valence electrons. The molecular formula is C19H20O3. The van der Waals surface area contributed by atoms with Gasteiger partial charge in [-0.2, -0.15) is 0 Å². The molecule has 1 aliphatic rings. The summed E-state index contributed by atoms with van der Waals surface area (Å²) in [4.78, 5) is 11.4.